The maximum atomic E-state index is 12.9. The van der Waals surface area contributed by atoms with Crippen LogP contribution in [0.3, 0.4) is 0 Å². The van der Waals surface area contributed by atoms with Crippen molar-refractivity contribution in [3.05, 3.63) is 65.4 Å². The number of rotatable bonds is 5. The molecule has 2 aromatic carbocycles. The van der Waals surface area contributed by atoms with Crippen molar-refractivity contribution in [2.75, 3.05) is 7.11 Å². The van der Waals surface area contributed by atoms with E-state index < -0.39 is 17.5 Å². The summed E-state index contributed by atoms with van der Waals surface area (Å²) in [7, 11) is 1.64. The van der Waals surface area contributed by atoms with Crippen molar-refractivity contribution >= 4 is 17.7 Å². The lowest BCUT2D eigenvalue weighted by atomic mass is 9.93. The van der Waals surface area contributed by atoms with E-state index in [1.54, 1.807) is 17.9 Å². The molecule has 0 saturated carbocycles. The van der Waals surface area contributed by atoms with Crippen LogP contribution in [0.15, 0.2) is 48.7 Å². The summed E-state index contributed by atoms with van der Waals surface area (Å²) in [5, 5.41) is 11.1. The van der Waals surface area contributed by atoms with Gasteiger partial charge in [-0.1, -0.05) is 29.5 Å². The first-order valence-corrected chi connectivity index (χ1v) is 11.1. The predicted molar refractivity (Wildman–Crippen MR) is 123 cm³/mol. The zero-order valence-corrected chi connectivity index (χ0v) is 19.2. The molecule has 1 fully saturated rings. The van der Waals surface area contributed by atoms with E-state index in [2.05, 4.69) is 15.6 Å². The highest BCUT2D eigenvalue weighted by Crippen LogP contribution is 2.34. The fraction of sp³-hybridized carbons (Fsp3) is 0.320. The van der Waals surface area contributed by atoms with E-state index in [-0.39, 0.29) is 18.2 Å². The second-order valence-corrected chi connectivity index (χ2v) is 9.08. The third kappa shape index (κ3) is 3.53. The summed E-state index contributed by atoms with van der Waals surface area (Å²) in [6.45, 7) is 4.40. The van der Waals surface area contributed by atoms with Crippen LogP contribution < -0.4 is 10.1 Å². The van der Waals surface area contributed by atoms with Crippen molar-refractivity contribution in [2.24, 2.45) is 0 Å². The van der Waals surface area contributed by atoms with Gasteiger partial charge in [0, 0.05) is 29.7 Å². The average molecular weight is 460 g/mol. The number of carbonyl (C=O) groups is 3. The quantitative estimate of drug-likeness (QED) is 0.588. The minimum atomic E-state index is -0.636. The van der Waals surface area contributed by atoms with Gasteiger partial charge in [-0.05, 0) is 44.0 Å². The number of ether oxygens (including phenoxy) is 1. The molecule has 0 aliphatic carbocycles. The number of benzene rings is 2. The molecule has 2 aliphatic heterocycles. The Hall–Kier alpha value is -4.01. The van der Waals surface area contributed by atoms with Crippen molar-refractivity contribution in [1.82, 2.24) is 25.2 Å². The Balaban J connectivity index is 1.41. The molecule has 0 spiro atoms. The van der Waals surface area contributed by atoms with Crippen LogP contribution in [0, 0.1) is 0 Å². The number of amides is 3. The molecule has 1 atom stereocenters. The molecule has 34 heavy (non-hydrogen) atoms. The van der Waals surface area contributed by atoms with Gasteiger partial charge in [0.05, 0.1) is 18.8 Å². The monoisotopic (exact) mass is 459 g/mol. The number of nitrogens with one attached hydrogen (secondary N) is 1. The number of piperidine rings is 1. The summed E-state index contributed by atoms with van der Waals surface area (Å²) in [6, 6.07) is 12.7. The maximum Gasteiger partial charge on any atom is 0.255 e. The van der Waals surface area contributed by atoms with Crippen molar-refractivity contribution in [3.63, 3.8) is 0 Å². The summed E-state index contributed by atoms with van der Waals surface area (Å²) in [5.41, 5.74) is 3.37. The Kier molecular flexibility index (Phi) is 5.19. The van der Waals surface area contributed by atoms with E-state index in [1.165, 1.54) is 4.90 Å². The molecule has 174 valence electrons. The number of hydrogen-bond donors (Lipinski definition) is 1. The lowest BCUT2D eigenvalue weighted by Gasteiger charge is -2.29. The number of imide groups is 1. The van der Waals surface area contributed by atoms with Crippen molar-refractivity contribution in [1.29, 1.82) is 0 Å². The Morgan fingerprint density at radius 2 is 1.91 bits per heavy atom. The highest BCUT2D eigenvalue weighted by Gasteiger charge is 2.39. The number of aromatic nitrogens is 3. The van der Waals surface area contributed by atoms with Crippen LogP contribution >= 0.6 is 0 Å². The SMILES string of the molecule is COc1ccccc1C(C)(C)n1cc(-c2ccc3c(c2)CN(C2CCC(=O)NC2=O)C3=O)nn1. The normalized spacial score (nSPS) is 18.1. The number of hydrogen-bond acceptors (Lipinski definition) is 6. The minimum absolute atomic E-state index is 0.197. The molecule has 0 bridgehead atoms. The second-order valence-electron chi connectivity index (χ2n) is 9.08. The van der Waals surface area contributed by atoms with E-state index in [9.17, 15) is 14.4 Å². The van der Waals surface area contributed by atoms with Crippen LogP contribution in [0.5, 0.6) is 5.75 Å². The van der Waals surface area contributed by atoms with E-state index in [0.717, 1.165) is 22.4 Å². The Labute approximate surface area is 196 Å². The first-order chi connectivity index (χ1) is 16.3. The first kappa shape index (κ1) is 21.8. The van der Waals surface area contributed by atoms with Crippen LogP contribution in [0.1, 0.15) is 48.2 Å². The number of carbonyl (C=O) groups excluding carboxylic acids is 3. The maximum absolute atomic E-state index is 12.9. The third-order valence-electron chi connectivity index (χ3n) is 6.65. The van der Waals surface area contributed by atoms with Gasteiger partial charge in [-0.25, -0.2) is 4.68 Å². The van der Waals surface area contributed by atoms with Crippen LogP contribution in [0.2, 0.25) is 0 Å². The van der Waals surface area contributed by atoms with Crippen molar-refractivity contribution in [2.45, 2.75) is 44.8 Å². The molecule has 2 aliphatic rings. The van der Waals surface area contributed by atoms with Crippen molar-refractivity contribution in [3.8, 4) is 17.0 Å². The van der Waals surface area contributed by atoms with Gasteiger partial charge in [-0.2, -0.15) is 0 Å². The molecule has 3 heterocycles. The Morgan fingerprint density at radius 1 is 1.12 bits per heavy atom. The fourth-order valence-corrected chi connectivity index (χ4v) is 4.68. The van der Waals surface area contributed by atoms with E-state index in [1.807, 2.05) is 56.4 Å². The molecule has 9 nitrogen and oxygen atoms in total. The smallest absolute Gasteiger partial charge is 0.255 e. The zero-order valence-electron chi connectivity index (χ0n) is 19.2. The van der Waals surface area contributed by atoms with E-state index >= 15 is 0 Å². The minimum Gasteiger partial charge on any atom is -0.496 e. The molecule has 3 amide bonds. The van der Waals surface area contributed by atoms with Gasteiger partial charge in [0.1, 0.15) is 17.5 Å². The lowest BCUT2D eigenvalue weighted by molar-refractivity contribution is -0.136. The van der Waals surface area contributed by atoms with Gasteiger partial charge in [0.2, 0.25) is 11.8 Å². The highest BCUT2D eigenvalue weighted by atomic mass is 16.5. The van der Waals surface area contributed by atoms with E-state index in [0.29, 0.717) is 24.2 Å². The highest BCUT2D eigenvalue weighted by molar-refractivity contribution is 6.05. The fourth-order valence-electron chi connectivity index (χ4n) is 4.68. The number of nitrogens with zero attached hydrogens (tertiary/aromatic N) is 4. The Bertz CT molecular complexity index is 1310. The average Bonchev–Trinajstić information content (AvgIpc) is 3.45. The largest absolute Gasteiger partial charge is 0.496 e. The molecule has 1 unspecified atom stereocenters. The predicted octanol–water partition coefficient (Wildman–Crippen LogP) is 2.50. The summed E-state index contributed by atoms with van der Waals surface area (Å²) in [4.78, 5) is 38.2. The van der Waals surface area contributed by atoms with Gasteiger partial charge < -0.3 is 9.64 Å². The van der Waals surface area contributed by atoms with Gasteiger partial charge in [-0.15, -0.1) is 5.10 Å². The third-order valence-corrected chi connectivity index (χ3v) is 6.65. The molecule has 1 saturated heterocycles. The summed E-state index contributed by atoms with van der Waals surface area (Å²) in [6.07, 6.45) is 2.44. The van der Waals surface area contributed by atoms with E-state index in [4.69, 9.17) is 4.74 Å². The molecule has 9 heteroatoms. The van der Waals surface area contributed by atoms with Crippen LogP contribution in [0.25, 0.3) is 11.3 Å². The topological polar surface area (TPSA) is 106 Å². The first-order valence-electron chi connectivity index (χ1n) is 11.1. The molecule has 1 aromatic heterocycles. The Morgan fingerprint density at radius 3 is 2.68 bits per heavy atom. The molecule has 5 rings (SSSR count). The van der Waals surface area contributed by atoms with Crippen LogP contribution in [0.4, 0.5) is 0 Å². The lowest BCUT2D eigenvalue weighted by Crippen LogP contribution is -2.52. The summed E-state index contributed by atoms with van der Waals surface area (Å²) < 4.78 is 7.33. The number of fused-ring (bicyclic) bond motifs is 1. The van der Waals surface area contributed by atoms with Gasteiger partial charge in [-0.3, -0.25) is 19.7 Å². The standard InChI is InChI=1S/C25H25N5O4/c1-25(2,18-6-4-5-7-21(18)34-3)30-14-19(27-28-30)15-8-9-17-16(12-15)13-29(24(17)33)20-10-11-22(31)26-23(20)32/h4-9,12,14,20H,10-11,13H2,1-3H3,(H,26,31,32). The number of para-hydroxylation sites is 1. The molecule has 1 N–H and O–H groups in total. The van der Waals surface area contributed by atoms with Gasteiger partial charge in [0.25, 0.3) is 5.91 Å². The molecule has 0 radical (unpaired) electrons. The molecular formula is C25H25N5O4. The van der Waals surface area contributed by atoms with Crippen LogP contribution in [-0.4, -0.2) is 50.8 Å². The number of methoxy groups -OCH3 is 1. The van der Waals surface area contributed by atoms with Crippen molar-refractivity contribution < 1.29 is 19.1 Å². The zero-order chi connectivity index (χ0) is 24.0. The second kappa shape index (κ2) is 8.09. The molecular weight excluding hydrogens is 434 g/mol. The van der Waals surface area contributed by atoms with Crippen LogP contribution in [-0.2, 0) is 21.7 Å². The summed E-state index contributed by atoms with van der Waals surface area (Å²) in [5.74, 6) is -0.142. The molecule has 3 aromatic rings. The van der Waals surface area contributed by atoms with Gasteiger partial charge in [0.15, 0.2) is 0 Å². The summed E-state index contributed by atoms with van der Waals surface area (Å²) >= 11 is 0. The van der Waals surface area contributed by atoms with Gasteiger partial charge >= 0.3 is 0 Å².